The summed E-state index contributed by atoms with van der Waals surface area (Å²) in [5, 5.41) is 10.1. The van der Waals surface area contributed by atoms with Gasteiger partial charge in [0, 0.05) is 17.7 Å². The molecule has 0 bridgehead atoms. The molecule has 0 unspecified atom stereocenters. The number of para-hydroxylation sites is 2. The van der Waals surface area contributed by atoms with Gasteiger partial charge >= 0.3 is 0 Å². The Kier molecular flexibility index (Phi) is 4.42. The lowest BCUT2D eigenvalue weighted by Gasteiger charge is -2.27. The first-order valence-electron chi connectivity index (χ1n) is 10.1. The molecule has 0 atom stereocenters. The third-order valence-corrected chi connectivity index (χ3v) is 5.88. The van der Waals surface area contributed by atoms with E-state index in [0.717, 1.165) is 48.1 Å². The molecule has 4 aromatic rings. The smallest absolute Gasteiger partial charge is 0.261 e. The highest BCUT2D eigenvalue weighted by Gasteiger charge is 2.24. The number of hydrogen-bond acceptors (Lipinski definition) is 3. The maximum atomic E-state index is 13.7. The van der Waals surface area contributed by atoms with Crippen molar-refractivity contribution in [2.45, 2.75) is 25.8 Å². The van der Waals surface area contributed by atoms with Gasteiger partial charge in [-0.2, -0.15) is 5.26 Å². The van der Waals surface area contributed by atoms with Gasteiger partial charge in [0.1, 0.15) is 17.3 Å². The van der Waals surface area contributed by atoms with Crippen LogP contribution in [-0.2, 0) is 6.54 Å². The lowest BCUT2D eigenvalue weighted by molar-refractivity contribution is 0.220. The van der Waals surface area contributed by atoms with Gasteiger partial charge in [0.2, 0.25) is 0 Å². The first-order valence-corrected chi connectivity index (χ1v) is 10.1. The minimum atomic E-state index is -0.0409. The van der Waals surface area contributed by atoms with Gasteiger partial charge in [-0.1, -0.05) is 48.9 Å². The van der Waals surface area contributed by atoms with Crippen molar-refractivity contribution in [3.05, 3.63) is 76.1 Å². The van der Waals surface area contributed by atoms with Crippen molar-refractivity contribution in [3.8, 4) is 17.2 Å². The SMILES string of the molecule is N#Cc1c(-c2ccccc2)c(CN2CCCCC2)c(=O)n2c1[nH]c1ccccc12. The molecule has 1 fully saturated rings. The Hall–Kier alpha value is -3.36. The minimum Gasteiger partial charge on any atom is -0.338 e. The Morgan fingerprint density at radius 3 is 2.45 bits per heavy atom. The van der Waals surface area contributed by atoms with Crippen LogP contribution in [0.3, 0.4) is 0 Å². The molecule has 2 aromatic carbocycles. The van der Waals surface area contributed by atoms with Gasteiger partial charge in [-0.05, 0) is 43.6 Å². The van der Waals surface area contributed by atoms with Crippen molar-refractivity contribution in [1.82, 2.24) is 14.3 Å². The van der Waals surface area contributed by atoms with Gasteiger partial charge in [0.05, 0.1) is 11.0 Å². The Balaban J connectivity index is 1.86. The van der Waals surface area contributed by atoms with E-state index >= 15 is 0 Å². The van der Waals surface area contributed by atoms with Crippen molar-refractivity contribution in [3.63, 3.8) is 0 Å². The maximum absolute atomic E-state index is 13.7. The summed E-state index contributed by atoms with van der Waals surface area (Å²) in [7, 11) is 0. The van der Waals surface area contributed by atoms with Crippen LogP contribution in [0.1, 0.15) is 30.4 Å². The number of piperidine rings is 1. The number of likely N-dealkylation sites (tertiary alicyclic amines) is 1. The summed E-state index contributed by atoms with van der Waals surface area (Å²) in [6, 6.07) is 19.9. The van der Waals surface area contributed by atoms with E-state index in [1.54, 1.807) is 4.40 Å². The van der Waals surface area contributed by atoms with Crippen molar-refractivity contribution in [2.75, 3.05) is 13.1 Å². The summed E-state index contributed by atoms with van der Waals surface area (Å²) in [5.41, 5.74) is 5.10. The van der Waals surface area contributed by atoms with Crippen LogP contribution in [0.5, 0.6) is 0 Å². The Labute approximate surface area is 168 Å². The van der Waals surface area contributed by atoms with Gasteiger partial charge in [-0.25, -0.2) is 0 Å². The molecule has 1 aliphatic rings. The molecule has 144 valence electrons. The van der Waals surface area contributed by atoms with E-state index in [2.05, 4.69) is 16.0 Å². The zero-order valence-electron chi connectivity index (χ0n) is 16.2. The third kappa shape index (κ3) is 2.93. The molecular formula is C24H22N4O. The van der Waals surface area contributed by atoms with E-state index in [9.17, 15) is 10.1 Å². The molecule has 0 radical (unpaired) electrons. The minimum absolute atomic E-state index is 0.0409. The number of benzene rings is 2. The number of hydrogen-bond donors (Lipinski definition) is 1. The molecule has 0 saturated carbocycles. The topological polar surface area (TPSA) is 64.3 Å². The summed E-state index contributed by atoms with van der Waals surface area (Å²) in [5.74, 6) is 0. The molecule has 0 amide bonds. The highest BCUT2D eigenvalue weighted by molar-refractivity contribution is 5.87. The van der Waals surface area contributed by atoms with Gasteiger partial charge in [0.25, 0.3) is 5.56 Å². The third-order valence-electron chi connectivity index (χ3n) is 5.88. The van der Waals surface area contributed by atoms with Crippen LogP contribution in [0.25, 0.3) is 27.8 Å². The second kappa shape index (κ2) is 7.23. The zero-order chi connectivity index (χ0) is 19.8. The average Bonchev–Trinajstić information content (AvgIpc) is 3.16. The summed E-state index contributed by atoms with van der Waals surface area (Å²) >= 11 is 0. The molecule has 1 saturated heterocycles. The van der Waals surface area contributed by atoms with Crippen molar-refractivity contribution in [1.29, 1.82) is 5.26 Å². The molecule has 5 heteroatoms. The van der Waals surface area contributed by atoms with Crippen LogP contribution in [-0.4, -0.2) is 27.4 Å². The molecule has 0 aliphatic carbocycles. The van der Waals surface area contributed by atoms with Crippen LogP contribution in [0, 0.1) is 11.3 Å². The number of rotatable bonds is 3. The van der Waals surface area contributed by atoms with Gasteiger partial charge in [-0.15, -0.1) is 0 Å². The number of aromatic amines is 1. The summed E-state index contributed by atoms with van der Waals surface area (Å²) in [6.45, 7) is 2.55. The summed E-state index contributed by atoms with van der Waals surface area (Å²) in [4.78, 5) is 19.4. The Bertz CT molecular complexity index is 1290. The number of pyridine rings is 1. The van der Waals surface area contributed by atoms with Gasteiger partial charge in [0.15, 0.2) is 0 Å². The van der Waals surface area contributed by atoms with E-state index in [1.165, 1.54) is 6.42 Å². The molecule has 5 nitrogen and oxygen atoms in total. The first-order chi connectivity index (χ1) is 14.3. The Morgan fingerprint density at radius 1 is 0.966 bits per heavy atom. The second-order valence-corrected chi connectivity index (χ2v) is 7.67. The fourth-order valence-corrected chi connectivity index (χ4v) is 4.49. The number of fused-ring (bicyclic) bond motifs is 3. The van der Waals surface area contributed by atoms with E-state index < -0.39 is 0 Å². The number of nitriles is 1. The fourth-order valence-electron chi connectivity index (χ4n) is 4.49. The van der Waals surface area contributed by atoms with Gasteiger partial charge in [-0.3, -0.25) is 14.1 Å². The highest BCUT2D eigenvalue weighted by Crippen LogP contribution is 2.31. The van der Waals surface area contributed by atoms with Crippen LogP contribution < -0.4 is 5.56 Å². The molecule has 5 rings (SSSR count). The van der Waals surface area contributed by atoms with Crippen molar-refractivity contribution in [2.24, 2.45) is 0 Å². The average molecular weight is 382 g/mol. The summed E-state index contributed by atoms with van der Waals surface area (Å²) < 4.78 is 1.68. The highest BCUT2D eigenvalue weighted by atomic mass is 16.1. The normalized spacial score (nSPS) is 15.0. The lowest BCUT2D eigenvalue weighted by Crippen LogP contribution is -2.33. The van der Waals surface area contributed by atoms with Crippen molar-refractivity contribution >= 4 is 16.7 Å². The molecule has 1 N–H and O–H groups in total. The molecule has 3 heterocycles. The standard InChI is InChI=1S/C24H22N4O/c25-15-18-22(17-9-3-1-4-10-17)19(16-27-13-7-2-8-14-27)24(29)28-21-12-6-5-11-20(21)26-23(18)28/h1,3-6,9-12,26H,2,7-8,13-14,16H2. The number of H-pyrrole nitrogens is 1. The first kappa shape index (κ1) is 17.7. The predicted octanol–water partition coefficient (Wildman–Crippen LogP) is 4.31. The van der Waals surface area contributed by atoms with E-state index in [1.807, 2.05) is 54.6 Å². The molecule has 1 aliphatic heterocycles. The monoisotopic (exact) mass is 382 g/mol. The summed E-state index contributed by atoms with van der Waals surface area (Å²) in [6.07, 6.45) is 3.55. The molecule has 29 heavy (non-hydrogen) atoms. The largest absolute Gasteiger partial charge is 0.338 e. The number of nitrogens with one attached hydrogen (secondary N) is 1. The van der Waals surface area contributed by atoms with Crippen LogP contribution in [0.4, 0.5) is 0 Å². The Morgan fingerprint density at radius 2 is 1.69 bits per heavy atom. The molecule has 0 spiro atoms. The second-order valence-electron chi connectivity index (χ2n) is 7.67. The van der Waals surface area contributed by atoms with E-state index in [0.29, 0.717) is 23.3 Å². The quantitative estimate of drug-likeness (QED) is 0.574. The maximum Gasteiger partial charge on any atom is 0.261 e. The van der Waals surface area contributed by atoms with Crippen LogP contribution in [0.2, 0.25) is 0 Å². The predicted molar refractivity (Wildman–Crippen MR) is 115 cm³/mol. The van der Waals surface area contributed by atoms with E-state index in [-0.39, 0.29) is 5.56 Å². The number of imidazole rings is 1. The number of aromatic nitrogens is 2. The lowest BCUT2D eigenvalue weighted by atomic mass is 9.95. The van der Waals surface area contributed by atoms with E-state index in [4.69, 9.17) is 0 Å². The molecular weight excluding hydrogens is 360 g/mol. The fraction of sp³-hybridized carbons (Fsp3) is 0.250. The van der Waals surface area contributed by atoms with Crippen molar-refractivity contribution < 1.29 is 0 Å². The van der Waals surface area contributed by atoms with Crippen LogP contribution in [0.15, 0.2) is 59.4 Å². The van der Waals surface area contributed by atoms with Crippen LogP contribution >= 0.6 is 0 Å². The van der Waals surface area contributed by atoms with Gasteiger partial charge < -0.3 is 4.98 Å². The number of nitrogens with zero attached hydrogens (tertiary/aromatic N) is 3. The zero-order valence-corrected chi connectivity index (χ0v) is 16.2. The molecule has 2 aromatic heterocycles.